The Morgan fingerprint density at radius 1 is 1.12 bits per heavy atom. The lowest BCUT2D eigenvalue weighted by Crippen LogP contribution is -2.62. The Hall–Kier alpha value is -2.82. The molecule has 0 amide bonds. The van der Waals surface area contributed by atoms with Gasteiger partial charge in [0.15, 0.2) is 0 Å². The number of nitrogens with zero attached hydrogens (tertiary/aromatic N) is 7. The normalized spacial score (nSPS) is 17.4. The van der Waals surface area contributed by atoms with Gasteiger partial charge in [0.05, 0.1) is 24.7 Å². The molecule has 1 saturated heterocycles. The number of anilines is 1. The molecule has 0 aliphatic carbocycles. The number of hydrogen-bond donors (Lipinski definition) is 3. The van der Waals surface area contributed by atoms with Gasteiger partial charge in [0.2, 0.25) is 5.95 Å². The van der Waals surface area contributed by atoms with Crippen LogP contribution in [0, 0.1) is 0 Å². The second kappa shape index (κ2) is 9.20. The van der Waals surface area contributed by atoms with E-state index in [1.165, 1.54) is 17.1 Å². The molecule has 1 aliphatic rings. The van der Waals surface area contributed by atoms with Gasteiger partial charge in [-0.2, -0.15) is 15.0 Å². The monoisotopic (exact) mass is 474 g/mol. The summed E-state index contributed by atoms with van der Waals surface area (Å²) in [6.07, 6.45) is 5.04. The smallest absolute Gasteiger partial charge is 0.245 e. The Morgan fingerprint density at radius 2 is 1.82 bits per heavy atom. The number of aliphatic hydroxyl groups excluding tert-OH is 1. The highest BCUT2D eigenvalue weighted by Crippen LogP contribution is 2.33. The minimum atomic E-state index is -0.196. The van der Waals surface area contributed by atoms with Crippen molar-refractivity contribution < 1.29 is 10.2 Å². The first kappa shape index (κ1) is 24.8. The number of benzene rings is 1. The van der Waals surface area contributed by atoms with Crippen LogP contribution in [0.3, 0.4) is 0 Å². The molecule has 0 bridgehead atoms. The molecule has 1 fully saturated rings. The Labute approximate surface area is 199 Å². The first-order chi connectivity index (χ1) is 15.1. The predicted octanol–water partition coefficient (Wildman–Crippen LogP) is 2.48. The molecule has 11 heteroatoms. The van der Waals surface area contributed by atoms with Crippen LogP contribution in [0.2, 0.25) is 0 Å². The Kier molecular flexibility index (Phi) is 6.92. The minimum Gasteiger partial charge on any atom is -0.507 e. The fraction of sp³-hybridized carbons (Fsp3) is 0.500. The summed E-state index contributed by atoms with van der Waals surface area (Å²) < 4.78 is 0. The summed E-state index contributed by atoms with van der Waals surface area (Å²) in [5, 5.41) is 40.2. The Bertz CT molecular complexity index is 1080. The van der Waals surface area contributed by atoms with Crippen molar-refractivity contribution in [3.05, 3.63) is 36.3 Å². The fourth-order valence-corrected chi connectivity index (χ4v) is 4.61. The van der Waals surface area contributed by atoms with Gasteiger partial charge in [-0.1, -0.05) is 0 Å². The van der Waals surface area contributed by atoms with Crippen LogP contribution < -0.4 is 10.2 Å². The van der Waals surface area contributed by atoms with E-state index < -0.39 is 0 Å². The number of halogens is 1. The molecule has 3 N–H and O–H groups in total. The highest BCUT2D eigenvalue weighted by atomic mass is 35.5. The van der Waals surface area contributed by atoms with Crippen LogP contribution in [0.25, 0.3) is 16.9 Å². The topological polar surface area (TPSA) is 125 Å². The van der Waals surface area contributed by atoms with Crippen LogP contribution in [0.1, 0.15) is 46.2 Å². The molecule has 1 aliphatic heterocycles. The molecular weight excluding hydrogens is 444 g/mol. The van der Waals surface area contributed by atoms with E-state index in [0.29, 0.717) is 28.6 Å². The van der Waals surface area contributed by atoms with Crippen LogP contribution in [0.5, 0.6) is 5.75 Å². The third-order valence-corrected chi connectivity index (χ3v) is 5.77. The fourth-order valence-electron chi connectivity index (χ4n) is 4.61. The lowest BCUT2D eigenvalue weighted by Gasteiger charge is -2.48. The van der Waals surface area contributed by atoms with E-state index >= 15 is 0 Å². The van der Waals surface area contributed by atoms with Crippen molar-refractivity contribution in [2.45, 2.75) is 64.3 Å². The molecule has 178 valence electrons. The number of phenolic OH excluding ortho intramolecular Hbond substituents is 1. The quantitative estimate of drug-likeness (QED) is 0.511. The molecule has 3 aromatic rings. The zero-order valence-electron chi connectivity index (χ0n) is 19.5. The van der Waals surface area contributed by atoms with Gasteiger partial charge in [0.1, 0.15) is 17.1 Å². The van der Waals surface area contributed by atoms with Crippen LogP contribution in [-0.4, -0.2) is 64.6 Å². The molecule has 3 heterocycles. The molecule has 0 unspecified atom stereocenters. The van der Waals surface area contributed by atoms with Crippen molar-refractivity contribution in [2.24, 2.45) is 0 Å². The molecule has 33 heavy (non-hydrogen) atoms. The summed E-state index contributed by atoms with van der Waals surface area (Å²) in [7, 11) is 2.00. The van der Waals surface area contributed by atoms with Gasteiger partial charge in [-0.25, -0.2) is 4.98 Å². The third-order valence-electron chi connectivity index (χ3n) is 5.77. The highest BCUT2D eigenvalue weighted by molar-refractivity contribution is 5.85. The number of aromatic hydroxyl groups is 1. The zero-order valence-corrected chi connectivity index (χ0v) is 20.3. The van der Waals surface area contributed by atoms with E-state index in [9.17, 15) is 5.11 Å². The van der Waals surface area contributed by atoms with E-state index in [1.807, 2.05) is 7.05 Å². The van der Waals surface area contributed by atoms with Crippen LogP contribution in [0.15, 0.2) is 30.6 Å². The van der Waals surface area contributed by atoms with Gasteiger partial charge in [0, 0.05) is 35.8 Å². The van der Waals surface area contributed by atoms with Gasteiger partial charge < -0.3 is 20.4 Å². The highest BCUT2D eigenvalue weighted by Gasteiger charge is 2.39. The number of nitrogens with one attached hydrogen (secondary N) is 1. The van der Waals surface area contributed by atoms with Crippen molar-refractivity contribution >= 4 is 18.4 Å². The van der Waals surface area contributed by atoms with Crippen LogP contribution >= 0.6 is 12.4 Å². The van der Waals surface area contributed by atoms with Crippen molar-refractivity contribution in [3.63, 3.8) is 0 Å². The molecule has 0 radical (unpaired) electrons. The van der Waals surface area contributed by atoms with Gasteiger partial charge in [-0.3, -0.25) is 0 Å². The maximum Gasteiger partial charge on any atom is 0.245 e. The zero-order chi connectivity index (χ0) is 23.1. The van der Waals surface area contributed by atoms with Crippen LogP contribution in [0.4, 0.5) is 5.95 Å². The second-order valence-corrected chi connectivity index (χ2v) is 9.69. The summed E-state index contributed by atoms with van der Waals surface area (Å²) in [5.74, 6) is 0.574. The first-order valence-corrected chi connectivity index (χ1v) is 10.6. The second-order valence-electron chi connectivity index (χ2n) is 9.69. The van der Waals surface area contributed by atoms with E-state index in [2.05, 4.69) is 63.3 Å². The van der Waals surface area contributed by atoms with E-state index in [1.54, 1.807) is 18.3 Å². The number of phenols is 1. The van der Waals surface area contributed by atoms with E-state index in [4.69, 9.17) is 5.11 Å². The maximum atomic E-state index is 10.5. The molecule has 0 spiro atoms. The standard InChI is InChI=1S/C22H30N8O2.ClH/c1-21(2)9-16(10-22(3,4)28-21)29(5)20-23-12-18(25-26-20)17-7-6-15(8-19(17)32)30-24-11-14(13-31)27-30;/h6-8,11-12,16,28,31-32H,9-10,13H2,1-5H3;1H. The molecule has 1 aromatic carbocycles. The number of hydrogen-bond acceptors (Lipinski definition) is 9. The van der Waals surface area contributed by atoms with E-state index in [0.717, 1.165) is 12.8 Å². The minimum absolute atomic E-state index is 0. The summed E-state index contributed by atoms with van der Waals surface area (Å²) in [6, 6.07) is 5.31. The van der Waals surface area contributed by atoms with Crippen molar-refractivity contribution in [1.82, 2.24) is 35.5 Å². The average molecular weight is 475 g/mol. The lowest BCUT2D eigenvalue weighted by atomic mass is 9.79. The summed E-state index contributed by atoms with van der Waals surface area (Å²) >= 11 is 0. The van der Waals surface area contributed by atoms with E-state index in [-0.39, 0.29) is 41.9 Å². The maximum absolute atomic E-state index is 10.5. The summed E-state index contributed by atoms with van der Waals surface area (Å²) in [4.78, 5) is 7.96. The molecule has 4 rings (SSSR count). The molecule has 0 saturated carbocycles. The van der Waals surface area contributed by atoms with Crippen LogP contribution in [-0.2, 0) is 6.61 Å². The number of aromatic nitrogens is 6. The summed E-state index contributed by atoms with van der Waals surface area (Å²) in [6.45, 7) is 8.66. The van der Waals surface area contributed by atoms with Gasteiger partial charge in [0.25, 0.3) is 0 Å². The van der Waals surface area contributed by atoms with Crippen molar-refractivity contribution in [2.75, 3.05) is 11.9 Å². The molecule has 0 atom stereocenters. The van der Waals surface area contributed by atoms with Gasteiger partial charge in [-0.05, 0) is 52.7 Å². The van der Waals surface area contributed by atoms with Crippen molar-refractivity contribution in [1.29, 1.82) is 0 Å². The average Bonchev–Trinajstić information content (AvgIpc) is 3.20. The predicted molar refractivity (Wildman–Crippen MR) is 128 cm³/mol. The lowest BCUT2D eigenvalue weighted by molar-refractivity contribution is 0.160. The largest absolute Gasteiger partial charge is 0.507 e. The number of aliphatic hydroxyl groups is 1. The SMILES string of the molecule is CN(c1ncc(-c2ccc(-n3ncc(CO)n3)cc2O)nn1)C1CC(C)(C)NC(C)(C)C1.Cl. The third kappa shape index (κ3) is 5.40. The number of piperidine rings is 1. The van der Waals surface area contributed by atoms with Crippen molar-refractivity contribution in [3.8, 4) is 22.7 Å². The number of rotatable bonds is 5. The van der Waals surface area contributed by atoms with Gasteiger partial charge in [-0.15, -0.1) is 22.6 Å². The molecular formula is C22H31ClN8O2. The first-order valence-electron chi connectivity index (χ1n) is 10.6. The molecule has 2 aromatic heterocycles. The molecule has 10 nitrogen and oxygen atoms in total. The van der Waals surface area contributed by atoms with Gasteiger partial charge >= 0.3 is 0 Å². The summed E-state index contributed by atoms with van der Waals surface area (Å²) in [5.41, 5.74) is 2.04. The Balaban J connectivity index is 0.00000306. The Morgan fingerprint density at radius 3 is 2.36 bits per heavy atom.